The van der Waals surface area contributed by atoms with Gasteiger partial charge in [0.15, 0.2) is 0 Å². The summed E-state index contributed by atoms with van der Waals surface area (Å²) >= 11 is 3.26. The van der Waals surface area contributed by atoms with Crippen LogP contribution in [0.5, 0.6) is 0 Å². The van der Waals surface area contributed by atoms with Gasteiger partial charge in [-0.2, -0.15) is 4.98 Å². The third-order valence-electron chi connectivity index (χ3n) is 5.75. The number of aromatic nitrogens is 3. The average molecular weight is 500 g/mol. The van der Waals surface area contributed by atoms with E-state index in [1.54, 1.807) is 23.5 Å². The molecule has 0 radical (unpaired) electrons. The number of rotatable bonds is 7. The van der Waals surface area contributed by atoms with Crippen molar-refractivity contribution in [1.29, 1.82) is 0 Å². The Kier molecular flexibility index (Phi) is 6.92. The van der Waals surface area contributed by atoms with E-state index >= 15 is 0 Å². The van der Waals surface area contributed by atoms with Gasteiger partial charge in [-0.15, -0.1) is 16.9 Å². The fraction of sp³-hybridized carbons (Fsp3) is 0.148. The lowest BCUT2D eigenvalue weighted by Crippen LogP contribution is -2.31. The number of amides is 1. The summed E-state index contributed by atoms with van der Waals surface area (Å²) in [4.78, 5) is 19.4. The number of thioether (sulfide) groups is 2. The van der Waals surface area contributed by atoms with Crippen LogP contribution in [-0.4, -0.2) is 26.9 Å². The highest BCUT2D eigenvalue weighted by atomic mass is 32.2. The first kappa shape index (κ1) is 23.3. The van der Waals surface area contributed by atoms with E-state index in [0.717, 1.165) is 27.6 Å². The second-order valence-corrected chi connectivity index (χ2v) is 9.92. The van der Waals surface area contributed by atoms with Crippen molar-refractivity contribution in [2.75, 3.05) is 16.9 Å². The second kappa shape index (κ2) is 10.4. The van der Waals surface area contributed by atoms with Crippen LogP contribution in [-0.2, 0) is 10.5 Å². The van der Waals surface area contributed by atoms with E-state index in [-0.39, 0.29) is 5.91 Å². The summed E-state index contributed by atoms with van der Waals surface area (Å²) in [5.74, 6) is 1.23. The number of allylic oxidation sites excluding steroid dienone is 1. The van der Waals surface area contributed by atoms with Crippen molar-refractivity contribution in [2.24, 2.45) is 0 Å². The summed E-state index contributed by atoms with van der Waals surface area (Å²) in [6, 6.07) is 27.6. The normalized spacial score (nSPS) is 14.9. The molecule has 0 spiro atoms. The Bertz CT molecular complexity index is 1350. The van der Waals surface area contributed by atoms with E-state index in [9.17, 15) is 4.79 Å². The molecule has 35 heavy (non-hydrogen) atoms. The lowest BCUT2D eigenvalue weighted by Gasteiger charge is -2.28. The average Bonchev–Trinajstić information content (AvgIpc) is 3.30. The zero-order valence-corrected chi connectivity index (χ0v) is 21.1. The number of carbonyl (C=O) groups is 1. The predicted octanol–water partition coefficient (Wildman–Crippen LogP) is 6.22. The molecule has 1 aromatic heterocycles. The van der Waals surface area contributed by atoms with Gasteiger partial charge in [-0.1, -0.05) is 72.4 Å². The van der Waals surface area contributed by atoms with Crippen LogP contribution in [0.25, 0.3) is 0 Å². The fourth-order valence-corrected chi connectivity index (χ4v) is 5.22. The summed E-state index contributed by atoms with van der Waals surface area (Å²) < 4.78 is 1.83. The maximum atomic E-state index is 13.5. The zero-order chi connectivity index (χ0) is 24.2. The minimum Gasteiger partial charge on any atom is -0.328 e. The molecule has 0 aliphatic carbocycles. The smallest absolute Gasteiger partial charge is 0.255 e. The first-order valence-electron chi connectivity index (χ1n) is 11.2. The van der Waals surface area contributed by atoms with Gasteiger partial charge in [-0.05, 0) is 48.6 Å². The number of nitrogens with zero attached hydrogens (tertiary/aromatic N) is 3. The molecule has 0 bridgehead atoms. The van der Waals surface area contributed by atoms with Gasteiger partial charge in [-0.3, -0.25) is 4.79 Å². The second-order valence-electron chi connectivity index (χ2n) is 8.10. The van der Waals surface area contributed by atoms with Crippen LogP contribution in [0.4, 0.5) is 11.6 Å². The molecule has 1 aliphatic heterocycles. The van der Waals surface area contributed by atoms with Crippen LogP contribution in [0.3, 0.4) is 0 Å². The van der Waals surface area contributed by atoms with E-state index in [1.165, 1.54) is 5.56 Å². The molecule has 3 aromatic carbocycles. The van der Waals surface area contributed by atoms with E-state index in [4.69, 9.17) is 10.1 Å². The number of nitrogens with one attached hydrogen (secondary N) is 2. The Morgan fingerprint density at radius 3 is 2.37 bits per heavy atom. The van der Waals surface area contributed by atoms with Crippen molar-refractivity contribution in [3.05, 3.63) is 107 Å². The summed E-state index contributed by atoms with van der Waals surface area (Å²) in [6.45, 7) is 1.91. The van der Waals surface area contributed by atoms with Crippen molar-refractivity contribution in [1.82, 2.24) is 14.8 Å². The van der Waals surface area contributed by atoms with E-state index in [0.29, 0.717) is 16.7 Å². The number of fused-ring (bicyclic) bond motifs is 1. The molecule has 0 saturated carbocycles. The van der Waals surface area contributed by atoms with Crippen LogP contribution < -0.4 is 10.6 Å². The zero-order valence-electron chi connectivity index (χ0n) is 19.4. The van der Waals surface area contributed by atoms with E-state index in [2.05, 4.69) is 47.0 Å². The Balaban J connectivity index is 1.50. The SMILES string of the molecule is CSc1ccc([C@H]2C(C(=O)Nc3ccccc3)=C(C)Nc3nc(SCc4ccccc4)nn32)cc1. The molecule has 0 saturated heterocycles. The summed E-state index contributed by atoms with van der Waals surface area (Å²) in [5.41, 5.74) is 4.31. The van der Waals surface area contributed by atoms with Gasteiger partial charge in [-0.25, -0.2) is 4.68 Å². The molecule has 6 nitrogen and oxygen atoms in total. The molecule has 2 heterocycles. The Morgan fingerprint density at radius 1 is 1.00 bits per heavy atom. The standard InChI is InChI=1S/C27H25N5OS2/c1-18-23(25(33)29-21-11-7-4-8-12-21)24(20-13-15-22(34-2)16-14-20)32-26(28-18)30-27(31-32)35-17-19-9-5-3-6-10-19/h3-16,24H,17H2,1-2H3,(H,29,33)(H,28,30,31)/t24-/m0/s1. The van der Waals surface area contributed by atoms with Gasteiger partial charge in [0.2, 0.25) is 11.1 Å². The Morgan fingerprint density at radius 2 is 1.69 bits per heavy atom. The number of hydrogen-bond donors (Lipinski definition) is 2. The molecular formula is C27H25N5OS2. The van der Waals surface area contributed by atoms with Crippen molar-refractivity contribution < 1.29 is 4.79 Å². The van der Waals surface area contributed by atoms with Gasteiger partial charge in [0, 0.05) is 22.0 Å². The molecule has 4 aromatic rings. The number of para-hydroxylation sites is 1. The molecule has 176 valence electrons. The molecule has 0 unspecified atom stereocenters. The quantitative estimate of drug-likeness (QED) is 0.294. The topological polar surface area (TPSA) is 71.8 Å². The number of benzene rings is 3. The van der Waals surface area contributed by atoms with Crippen molar-refractivity contribution in [2.45, 2.75) is 28.8 Å². The molecule has 5 rings (SSSR count). The van der Waals surface area contributed by atoms with Crippen LogP contribution in [0.1, 0.15) is 24.1 Å². The summed E-state index contributed by atoms with van der Waals surface area (Å²) in [5, 5.41) is 11.8. The predicted molar refractivity (Wildman–Crippen MR) is 144 cm³/mol. The van der Waals surface area contributed by atoms with Crippen LogP contribution in [0.15, 0.2) is 106 Å². The summed E-state index contributed by atoms with van der Waals surface area (Å²) in [6.07, 6.45) is 2.05. The Hall–Kier alpha value is -3.49. The molecule has 1 aliphatic rings. The highest BCUT2D eigenvalue weighted by Gasteiger charge is 2.34. The number of hydrogen-bond acceptors (Lipinski definition) is 6. The van der Waals surface area contributed by atoms with Gasteiger partial charge in [0.1, 0.15) is 6.04 Å². The third kappa shape index (κ3) is 5.13. The summed E-state index contributed by atoms with van der Waals surface area (Å²) in [7, 11) is 0. The molecular weight excluding hydrogens is 474 g/mol. The van der Waals surface area contributed by atoms with Crippen LogP contribution in [0.2, 0.25) is 0 Å². The van der Waals surface area contributed by atoms with Crippen LogP contribution in [0, 0.1) is 0 Å². The lowest BCUT2D eigenvalue weighted by molar-refractivity contribution is -0.113. The molecule has 8 heteroatoms. The highest BCUT2D eigenvalue weighted by molar-refractivity contribution is 7.98. The molecule has 0 fully saturated rings. The van der Waals surface area contributed by atoms with Crippen LogP contribution >= 0.6 is 23.5 Å². The van der Waals surface area contributed by atoms with Gasteiger partial charge >= 0.3 is 0 Å². The largest absolute Gasteiger partial charge is 0.328 e. The molecule has 1 amide bonds. The lowest BCUT2D eigenvalue weighted by atomic mass is 9.95. The highest BCUT2D eigenvalue weighted by Crippen LogP contribution is 2.37. The monoisotopic (exact) mass is 499 g/mol. The number of carbonyl (C=O) groups excluding carboxylic acids is 1. The maximum Gasteiger partial charge on any atom is 0.255 e. The minimum absolute atomic E-state index is 0.167. The minimum atomic E-state index is -0.399. The molecule has 1 atom stereocenters. The van der Waals surface area contributed by atoms with Gasteiger partial charge in [0.05, 0.1) is 5.57 Å². The van der Waals surface area contributed by atoms with Crippen molar-refractivity contribution in [3.63, 3.8) is 0 Å². The van der Waals surface area contributed by atoms with Crippen molar-refractivity contribution >= 4 is 41.1 Å². The van der Waals surface area contributed by atoms with E-state index < -0.39 is 6.04 Å². The maximum absolute atomic E-state index is 13.5. The van der Waals surface area contributed by atoms with E-state index in [1.807, 2.05) is 66.4 Å². The van der Waals surface area contributed by atoms with Crippen molar-refractivity contribution in [3.8, 4) is 0 Å². The number of anilines is 2. The third-order valence-corrected chi connectivity index (χ3v) is 7.40. The Labute approximate surface area is 213 Å². The van der Waals surface area contributed by atoms with Gasteiger partial charge in [0.25, 0.3) is 5.91 Å². The van der Waals surface area contributed by atoms with Gasteiger partial charge < -0.3 is 10.6 Å². The first-order chi connectivity index (χ1) is 17.1. The fourth-order valence-electron chi connectivity index (χ4n) is 4.02. The molecule has 2 N–H and O–H groups in total. The first-order valence-corrected chi connectivity index (χ1v) is 13.4.